The maximum atomic E-state index is 12.1. The molecule has 0 bridgehead atoms. The number of aryl methyl sites for hydroxylation is 1. The van der Waals surface area contributed by atoms with E-state index in [2.05, 4.69) is 34.7 Å². The third-order valence-electron chi connectivity index (χ3n) is 4.75. The van der Waals surface area contributed by atoms with Gasteiger partial charge < -0.3 is 15.4 Å². The molecule has 1 aromatic rings. The van der Waals surface area contributed by atoms with Crippen molar-refractivity contribution in [2.45, 2.75) is 57.2 Å². The SMILES string of the molecule is CCS(=O)C1CCCC(NC(=NC)NCCCOc2ccc(C)cc2)C1. The largest absolute Gasteiger partial charge is 0.494 e. The van der Waals surface area contributed by atoms with Crippen LogP contribution >= 0.6 is 0 Å². The Morgan fingerprint density at radius 2 is 2.08 bits per heavy atom. The van der Waals surface area contributed by atoms with Crippen molar-refractivity contribution in [3.8, 4) is 5.75 Å². The quantitative estimate of drug-likeness (QED) is 0.414. The number of nitrogens with one attached hydrogen (secondary N) is 2. The van der Waals surface area contributed by atoms with E-state index in [9.17, 15) is 4.21 Å². The molecular formula is C20H33N3O2S. The molecule has 3 atom stereocenters. The normalized spacial score (nSPS) is 21.9. The lowest BCUT2D eigenvalue weighted by Crippen LogP contribution is -2.47. The summed E-state index contributed by atoms with van der Waals surface area (Å²) in [4.78, 5) is 4.32. The molecule has 0 amide bonds. The Morgan fingerprint density at radius 3 is 2.77 bits per heavy atom. The maximum absolute atomic E-state index is 12.1. The van der Waals surface area contributed by atoms with Gasteiger partial charge in [-0.3, -0.25) is 9.20 Å². The second-order valence-corrected chi connectivity index (χ2v) is 8.82. The molecule has 0 aliphatic heterocycles. The van der Waals surface area contributed by atoms with Gasteiger partial charge in [0.15, 0.2) is 5.96 Å². The second kappa shape index (κ2) is 11.2. The van der Waals surface area contributed by atoms with Crippen LogP contribution in [0.5, 0.6) is 5.75 Å². The van der Waals surface area contributed by atoms with Crippen molar-refractivity contribution >= 4 is 16.8 Å². The van der Waals surface area contributed by atoms with E-state index < -0.39 is 10.8 Å². The Hall–Kier alpha value is -1.56. The van der Waals surface area contributed by atoms with Gasteiger partial charge >= 0.3 is 0 Å². The van der Waals surface area contributed by atoms with Crippen molar-refractivity contribution in [1.82, 2.24) is 10.6 Å². The van der Waals surface area contributed by atoms with Crippen molar-refractivity contribution in [1.29, 1.82) is 0 Å². The molecule has 1 aromatic carbocycles. The number of aliphatic imine (C=N–C) groups is 1. The van der Waals surface area contributed by atoms with Crippen LogP contribution in [0.4, 0.5) is 0 Å². The van der Waals surface area contributed by atoms with E-state index in [0.717, 1.165) is 56.1 Å². The molecule has 0 aromatic heterocycles. The lowest BCUT2D eigenvalue weighted by Gasteiger charge is -2.30. The third kappa shape index (κ3) is 6.98. The molecule has 0 saturated heterocycles. The maximum Gasteiger partial charge on any atom is 0.191 e. The number of benzene rings is 1. The van der Waals surface area contributed by atoms with Gasteiger partial charge in [-0.2, -0.15) is 0 Å². The van der Waals surface area contributed by atoms with Gasteiger partial charge in [-0.25, -0.2) is 0 Å². The van der Waals surface area contributed by atoms with Gasteiger partial charge in [-0.15, -0.1) is 0 Å². The second-order valence-electron chi connectivity index (χ2n) is 6.81. The zero-order chi connectivity index (χ0) is 18.8. The molecule has 1 aliphatic carbocycles. The lowest BCUT2D eigenvalue weighted by atomic mass is 9.95. The average Bonchev–Trinajstić information content (AvgIpc) is 2.67. The van der Waals surface area contributed by atoms with Gasteiger partial charge in [-0.1, -0.05) is 31.0 Å². The van der Waals surface area contributed by atoms with Crippen LogP contribution in [0.2, 0.25) is 0 Å². The molecule has 1 saturated carbocycles. The first-order valence-electron chi connectivity index (χ1n) is 9.66. The molecule has 3 unspecified atom stereocenters. The summed E-state index contributed by atoms with van der Waals surface area (Å²) in [6.45, 7) is 5.56. The van der Waals surface area contributed by atoms with E-state index in [1.54, 1.807) is 7.05 Å². The van der Waals surface area contributed by atoms with Crippen LogP contribution < -0.4 is 15.4 Å². The topological polar surface area (TPSA) is 62.7 Å². The first-order valence-corrected chi connectivity index (χ1v) is 11.0. The fourth-order valence-electron chi connectivity index (χ4n) is 3.24. The van der Waals surface area contributed by atoms with Crippen LogP contribution in [0.15, 0.2) is 29.3 Å². The van der Waals surface area contributed by atoms with E-state index in [0.29, 0.717) is 17.9 Å². The van der Waals surface area contributed by atoms with Crippen LogP contribution in [0.25, 0.3) is 0 Å². The molecule has 1 aliphatic rings. The summed E-state index contributed by atoms with van der Waals surface area (Å²) in [5.74, 6) is 2.49. The molecule has 2 N–H and O–H groups in total. The van der Waals surface area contributed by atoms with Gasteiger partial charge in [0, 0.05) is 41.4 Å². The summed E-state index contributed by atoms with van der Waals surface area (Å²) < 4.78 is 17.8. The fourth-order valence-corrected chi connectivity index (χ4v) is 4.59. The van der Waals surface area contributed by atoms with Crippen molar-refractivity contribution in [3.05, 3.63) is 29.8 Å². The zero-order valence-corrected chi connectivity index (χ0v) is 17.1. The van der Waals surface area contributed by atoms with Crippen LogP contribution in [-0.4, -0.2) is 47.4 Å². The number of nitrogens with zero attached hydrogens (tertiary/aromatic N) is 1. The smallest absolute Gasteiger partial charge is 0.191 e. The standard InChI is InChI=1S/C20H33N3O2S/c1-4-26(24)19-8-5-7-17(15-19)23-20(21-3)22-13-6-14-25-18-11-9-16(2)10-12-18/h9-12,17,19H,4-8,13-15H2,1-3H3,(H2,21,22,23). The minimum Gasteiger partial charge on any atom is -0.494 e. The first kappa shape index (κ1) is 20.7. The summed E-state index contributed by atoms with van der Waals surface area (Å²) in [6.07, 6.45) is 5.21. The highest BCUT2D eigenvalue weighted by Gasteiger charge is 2.25. The van der Waals surface area contributed by atoms with Gasteiger partial charge in [0.2, 0.25) is 0 Å². The number of rotatable bonds is 8. The van der Waals surface area contributed by atoms with Crippen molar-refractivity contribution in [2.75, 3.05) is 26.0 Å². The van der Waals surface area contributed by atoms with Gasteiger partial charge in [0.1, 0.15) is 5.75 Å². The monoisotopic (exact) mass is 379 g/mol. The highest BCUT2D eigenvalue weighted by Crippen LogP contribution is 2.22. The Morgan fingerprint density at radius 1 is 1.31 bits per heavy atom. The highest BCUT2D eigenvalue weighted by atomic mass is 32.2. The summed E-state index contributed by atoms with van der Waals surface area (Å²) in [5, 5.41) is 7.17. The number of ether oxygens (including phenoxy) is 1. The Bertz CT molecular complexity index is 589. The number of hydrogen-bond donors (Lipinski definition) is 2. The van der Waals surface area contributed by atoms with Gasteiger partial charge in [0.05, 0.1) is 6.61 Å². The van der Waals surface area contributed by atoms with Crippen LogP contribution in [-0.2, 0) is 10.8 Å². The molecule has 0 heterocycles. The van der Waals surface area contributed by atoms with Crippen LogP contribution in [0.3, 0.4) is 0 Å². The predicted octanol–water partition coefficient (Wildman–Crippen LogP) is 3.01. The summed E-state index contributed by atoms with van der Waals surface area (Å²) in [6, 6.07) is 8.48. The van der Waals surface area contributed by atoms with E-state index in [1.165, 1.54) is 5.56 Å². The van der Waals surface area contributed by atoms with Crippen LogP contribution in [0, 0.1) is 6.92 Å². The molecule has 0 spiro atoms. The van der Waals surface area contributed by atoms with E-state index in [-0.39, 0.29) is 0 Å². The average molecular weight is 380 g/mol. The Kier molecular flexibility index (Phi) is 8.95. The van der Waals surface area contributed by atoms with Crippen molar-refractivity contribution < 1.29 is 8.95 Å². The van der Waals surface area contributed by atoms with Gasteiger partial charge in [-0.05, 0) is 44.7 Å². The van der Waals surface area contributed by atoms with Crippen LogP contribution in [0.1, 0.15) is 44.6 Å². The highest BCUT2D eigenvalue weighted by molar-refractivity contribution is 7.85. The summed E-state index contributed by atoms with van der Waals surface area (Å²) in [7, 11) is 1.10. The van der Waals surface area contributed by atoms with E-state index in [4.69, 9.17) is 4.74 Å². The molecule has 6 heteroatoms. The molecule has 0 radical (unpaired) electrons. The first-order chi connectivity index (χ1) is 12.6. The van der Waals surface area contributed by atoms with E-state index in [1.807, 2.05) is 19.1 Å². The minimum atomic E-state index is -0.696. The molecule has 146 valence electrons. The molecule has 26 heavy (non-hydrogen) atoms. The minimum absolute atomic E-state index is 0.326. The summed E-state index contributed by atoms with van der Waals surface area (Å²) >= 11 is 0. The summed E-state index contributed by atoms with van der Waals surface area (Å²) in [5.41, 5.74) is 1.24. The fraction of sp³-hybridized carbons (Fsp3) is 0.650. The number of guanidine groups is 1. The molecule has 1 fully saturated rings. The zero-order valence-electron chi connectivity index (χ0n) is 16.3. The van der Waals surface area contributed by atoms with Crippen molar-refractivity contribution in [3.63, 3.8) is 0 Å². The third-order valence-corrected chi connectivity index (χ3v) is 6.49. The molecular weight excluding hydrogens is 346 g/mol. The molecule has 2 rings (SSSR count). The Balaban J connectivity index is 1.66. The number of hydrogen-bond acceptors (Lipinski definition) is 3. The molecule has 5 nitrogen and oxygen atoms in total. The van der Waals surface area contributed by atoms with Crippen molar-refractivity contribution in [2.24, 2.45) is 4.99 Å². The predicted molar refractivity (Wildman–Crippen MR) is 111 cm³/mol. The Labute approximate surface area is 160 Å². The van der Waals surface area contributed by atoms with E-state index >= 15 is 0 Å². The van der Waals surface area contributed by atoms with Gasteiger partial charge in [0.25, 0.3) is 0 Å². The lowest BCUT2D eigenvalue weighted by molar-refractivity contribution is 0.311.